The molecule has 2 aliphatic rings. The van der Waals surface area contributed by atoms with Crippen molar-refractivity contribution in [3.8, 4) is 0 Å². The second-order valence-electron chi connectivity index (χ2n) is 5.33. The average molecular weight is 340 g/mol. The van der Waals surface area contributed by atoms with Crippen LogP contribution in [0.3, 0.4) is 0 Å². The highest BCUT2D eigenvalue weighted by atomic mass is 79.9. The van der Waals surface area contributed by atoms with Crippen molar-refractivity contribution in [3.63, 3.8) is 0 Å². The summed E-state index contributed by atoms with van der Waals surface area (Å²) in [6.45, 7) is 3.16. The van der Waals surface area contributed by atoms with Crippen molar-refractivity contribution in [3.05, 3.63) is 28.5 Å². The maximum absolute atomic E-state index is 12.6. The van der Waals surface area contributed by atoms with E-state index in [1.54, 1.807) is 6.20 Å². The number of morpholine rings is 1. The summed E-state index contributed by atoms with van der Waals surface area (Å²) in [5.41, 5.74) is 0.491. The molecule has 2 atom stereocenters. The molecule has 1 aromatic heterocycles. The third-order valence-electron chi connectivity index (χ3n) is 4.11. The highest BCUT2D eigenvalue weighted by Crippen LogP contribution is 2.24. The van der Waals surface area contributed by atoms with Gasteiger partial charge >= 0.3 is 0 Å². The number of likely N-dealkylation sites (tertiary alicyclic amines) is 1. The smallest absolute Gasteiger partial charge is 0.273 e. The Bertz CT molecular complexity index is 511. The maximum Gasteiger partial charge on any atom is 0.273 e. The first-order valence-electron chi connectivity index (χ1n) is 6.88. The second-order valence-corrected chi connectivity index (χ2v) is 6.19. The Morgan fingerprint density at radius 1 is 1.50 bits per heavy atom. The van der Waals surface area contributed by atoms with Gasteiger partial charge in [0.25, 0.3) is 5.91 Å². The normalized spacial score (nSPS) is 27.2. The van der Waals surface area contributed by atoms with Crippen molar-refractivity contribution in [2.75, 3.05) is 33.3 Å². The molecule has 0 unspecified atom stereocenters. The number of aromatic nitrogens is 1. The lowest BCUT2D eigenvalue weighted by atomic mass is 9.99. The summed E-state index contributed by atoms with van der Waals surface area (Å²) in [5, 5.41) is 0. The van der Waals surface area contributed by atoms with Crippen molar-refractivity contribution in [2.45, 2.75) is 18.6 Å². The van der Waals surface area contributed by atoms with Gasteiger partial charge in [0.05, 0.1) is 18.8 Å². The Balaban J connectivity index is 1.75. The first kappa shape index (κ1) is 14.0. The molecule has 0 saturated carbocycles. The summed E-state index contributed by atoms with van der Waals surface area (Å²) in [5.74, 6) is -0.00472. The van der Waals surface area contributed by atoms with Crippen LogP contribution in [0, 0.1) is 0 Å². The van der Waals surface area contributed by atoms with Gasteiger partial charge in [-0.25, -0.2) is 4.98 Å². The number of nitrogens with zero attached hydrogens (tertiary/aromatic N) is 3. The van der Waals surface area contributed by atoms with E-state index in [0.717, 1.165) is 30.6 Å². The number of rotatable bonds is 1. The Kier molecular flexibility index (Phi) is 4.05. The van der Waals surface area contributed by atoms with Crippen LogP contribution in [0.4, 0.5) is 0 Å². The standard InChI is InChI=1S/C14H18BrN3O2/c1-17-7-8-20-12-4-6-18(9-11(12)17)14(19)13-10(15)3-2-5-16-13/h2-3,5,11-12H,4,6-9H2,1H3/t11-,12+/m0/s1. The van der Waals surface area contributed by atoms with E-state index in [9.17, 15) is 4.79 Å². The number of likely N-dealkylation sites (N-methyl/N-ethyl adjacent to an activating group) is 1. The monoisotopic (exact) mass is 339 g/mol. The van der Waals surface area contributed by atoms with Gasteiger partial charge in [-0.2, -0.15) is 0 Å². The van der Waals surface area contributed by atoms with Crippen LogP contribution in [0.2, 0.25) is 0 Å². The first-order valence-corrected chi connectivity index (χ1v) is 7.68. The van der Waals surface area contributed by atoms with Crippen molar-refractivity contribution < 1.29 is 9.53 Å². The van der Waals surface area contributed by atoms with Crippen LogP contribution >= 0.6 is 15.9 Å². The Morgan fingerprint density at radius 3 is 3.15 bits per heavy atom. The molecule has 0 N–H and O–H groups in total. The number of piperidine rings is 1. The van der Waals surface area contributed by atoms with E-state index < -0.39 is 0 Å². The Hall–Kier alpha value is -0.980. The van der Waals surface area contributed by atoms with E-state index in [1.807, 2.05) is 17.0 Å². The number of fused-ring (bicyclic) bond motifs is 1. The van der Waals surface area contributed by atoms with Crippen LogP contribution in [0.25, 0.3) is 0 Å². The number of hydrogen-bond acceptors (Lipinski definition) is 4. The summed E-state index contributed by atoms with van der Waals surface area (Å²) in [7, 11) is 2.10. The molecule has 6 heteroatoms. The average Bonchev–Trinajstić information content (AvgIpc) is 2.47. The van der Waals surface area contributed by atoms with Crippen molar-refractivity contribution in [1.82, 2.24) is 14.8 Å². The minimum atomic E-state index is -0.00472. The molecule has 0 aliphatic carbocycles. The number of pyridine rings is 1. The van der Waals surface area contributed by atoms with Gasteiger partial charge in [-0.15, -0.1) is 0 Å². The summed E-state index contributed by atoms with van der Waals surface area (Å²) in [6, 6.07) is 3.96. The van der Waals surface area contributed by atoms with Gasteiger partial charge in [-0.05, 0) is 41.5 Å². The number of hydrogen-bond donors (Lipinski definition) is 0. The number of halogens is 1. The molecule has 0 spiro atoms. The molecule has 20 heavy (non-hydrogen) atoms. The predicted molar refractivity (Wildman–Crippen MR) is 78.6 cm³/mol. The molecule has 0 bridgehead atoms. The summed E-state index contributed by atoms with van der Waals surface area (Å²) in [4.78, 5) is 21.0. The van der Waals surface area contributed by atoms with Gasteiger partial charge in [-0.3, -0.25) is 9.69 Å². The molecule has 1 aromatic rings. The summed E-state index contributed by atoms with van der Waals surface area (Å²) in [6.07, 6.45) is 2.80. The molecule has 2 saturated heterocycles. The minimum Gasteiger partial charge on any atom is -0.375 e. The van der Waals surface area contributed by atoms with Gasteiger partial charge in [-0.1, -0.05) is 0 Å². The lowest BCUT2D eigenvalue weighted by molar-refractivity contribution is -0.0894. The fourth-order valence-electron chi connectivity index (χ4n) is 2.92. The van der Waals surface area contributed by atoms with Crippen molar-refractivity contribution in [1.29, 1.82) is 0 Å². The second kappa shape index (κ2) is 5.79. The largest absolute Gasteiger partial charge is 0.375 e. The predicted octanol–water partition coefficient (Wildman–Crippen LogP) is 1.39. The molecule has 3 heterocycles. The first-order chi connectivity index (χ1) is 9.66. The van der Waals surface area contributed by atoms with Gasteiger partial charge in [0.1, 0.15) is 5.69 Å². The molecule has 1 amide bonds. The summed E-state index contributed by atoms with van der Waals surface area (Å²) >= 11 is 3.40. The van der Waals surface area contributed by atoms with E-state index in [2.05, 4.69) is 32.9 Å². The number of carbonyl (C=O) groups is 1. The van der Waals surface area contributed by atoms with E-state index in [-0.39, 0.29) is 12.0 Å². The zero-order valence-electron chi connectivity index (χ0n) is 11.5. The fourth-order valence-corrected chi connectivity index (χ4v) is 3.34. The molecule has 0 aromatic carbocycles. The number of amides is 1. The third-order valence-corrected chi connectivity index (χ3v) is 4.75. The zero-order chi connectivity index (χ0) is 14.1. The van der Waals surface area contributed by atoms with E-state index in [1.165, 1.54) is 0 Å². The van der Waals surface area contributed by atoms with Crippen LogP contribution < -0.4 is 0 Å². The van der Waals surface area contributed by atoms with Gasteiger partial charge in [0.15, 0.2) is 0 Å². The molecule has 0 radical (unpaired) electrons. The van der Waals surface area contributed by atoms with Crippen LogP contribution in [-0.2, 0) is 4.74 Å². The maximum atomic E-state index is 12.6. The van der Waals surface area contributed by atoms with Crippen LogP contribution in [0.5, 0.6) is 0 Å². The highest BCUT2D eigenvalue weighted by molar-refractivity contribution is 9.10. The van der Waals surface area contributed by atoms with Gasteiger partial charge in [0.2, 0.25) is 0 Å². The zero-order valence-corrected chi connectivity index (χ0v) is 13.0. The van der Waals surface area contributed by atoms with Crippen LogP contribution in [0.1, 0.15) is 16.9 Å². The van der Waals surface area contributed by atoms with E-state index >= 15 is 0 Å². The van der Waals surface area contributed by atoms with Crippen LogP contribution in [0.15, 0.2) is 22.8 Å². The molecule has 108 valence electrons. The lowest BCUT2D eigenvalue weighted by Crippen LogP contribution is -2.59. The molecule has 2 fully saturated rings. The van der Waals surface area contributed by atoms with Crippen LogP contribution in [-0.4, -0.2) is 66.1 Å². The minimum absolute atomic E-state index is 0.00472. The molecule has 2 aliphatic heterocycles. The molecular weight excluding hydrogens is 322 g/mol. The quantitative estimate of drug-likeness (QED) is 0.775. The third kappa shape index (κ3) is 2.60. The Labute approximate surface area is 127 Å². The topological polar surface area (TPSA) is 45.7 Å². The van der Waals surface area contributed by atoms with Crippen molar-refractivity contribution >= 4 is 21.8 Å². The lowest BCUT2D eigenvalue weighted by Gasteiger charge is -2.45. The van der Waals surface area contributed by atoms with Crippen molar-refractivity contribution in [2.24, 2.45) is 0 Å². The van der Waals surface area contributed by atoms with Gasteiger partial charge < -0.3 is 9.64 Å². The van der Waals surface area contributed by atoms with Gasteiger partial charge in [0, 0.05) is 30.3 Å². The number of ether oxygens (including phenoxy) is 1. The highest BCUT2D eigenvalue weighted by Gasteiger charge is 2.37. The molecular formula is C14H18BrN3O2. The molecule has 5 nitrogen and oxygen atoms in total. The Morgan fingerprint density at radius 2 is 2.35 bits per heavy atom. The summed E-state index contributed by atoms with van der Waals surface area (Å²) < 4.78 is 6.56. The number of carbonyl (C=O) groups excluding carboxylic acids is 1. The fraction of sp³-hybridized carbons (Fsp3) is 0.571. The van der Waals surface area contributed by atoms with E-state index in [4.69, 9.17) is 4.74 Å². The SMILES string of the molecule is CN1CCO[C@@H]2CCN(C(=O)c3ncccc3Br)C[C@@H]21. The van der Waals surface area contributed by atoms with E-state index in [0.29, 0.717) is 18.3 Å². The molecule has 3 rings (SSSR count).